The van der Waals surface area contributed by atoms with E-state index in [1.807, 2.05) is 14.1 Å². The minimum absolute atomic E-state index is 0.138. The van der Waals surface area contributed by atoms with Crippen molar-refractivity contribution in [1.29, 1.82) is 0 Å². The van der Waals surface area contributed by atoms with Gasteiger partial charge in [0.25, 0.3) is 0 Å². The van der Waals surface area contributed by atoms with Gasteiger partial charge in [-0.2, -0.15) is 0 Å². The molecule has 0 saturated heterocycles. The maximum absolute atomic E-state index is 11.4. The molecule has 0 atom stereocenters. The van der Waals surface area contributed by atoms with Crippen LogP contribution in [0, 0.1) is 5.92 Å². The summed E-state index contributed by atoms with van der Waals surface area (Å²) in [7, 11) is 4.00. The van der Waals surface area contributed by atoms with Crippen molar-refractivity contribution < 1.29 is 4.79 Å². The molecule has 0 aromatic carbocycles. The molecule has 2 N–H and O–H groups in total. The van der Waals surface area contributed by atoms with Gasteiger partial charge in [0.05, 0.1) is 0 Å². The zero-order valence-electron chi connectivity index (χ0n) is 11.2. The molecular formula is C12H27N3O. The van der Waals surface area contributed by atoms with Crippen LogP contribution in [0.1, 0.15) is 26.7 Å². The third kappa shape index (κ3) is 11.5. The molecule has 4 heteroatoms. The van der Waals surface area contributed by atoms with E-state index in [1.54, 1.807) is 0 Å². The first-order valence-corrected chi connectivity index (χ1v) is 6.14. The molecule has 0 rings (SSSR count). The number of amides is 1. The molecule has 0 bridgehead atoms. The van der Waals surface area contributed by atoms with E-state index in [9.17, 15) is 4.79 Å². The van der Waals surface area contributed by atoms with E-state index < -0.39 is 0 Å². The number of likely N-dealkylation sites (N-methyl/N-ethyl adjacent to an activating group) is 1. The van der Waals surface area contributed by atoms with Gasteiger partial charge in [0.15, 0.2) is 0 Å². The summed E-state index contributed by atoms with van der Waals surface area (Å²) in [6.45, 7) is 7.82. The highest BCUT2D eigenvalue weighted by molar-refractivity contribution is 5.76. The Labute approximate surface area is 99.8 Å². The van der Waals surface area contributed by atoms with Gasteiger partial charge < -0.3 is 15.5 Å². The van der Waals surface area contributed by atoms with Gasteiger partial charge in [-0.3, -0.25) is 4.79 Å². The van der Waals surface area contributed by atoms with Crippen LogP contribution in [0.2, 0.25) is 0 Å². The van der Waals surface area contributed by atoms with E-state index in [1.165, 1.54) is 6.42 Å². The summed E-state index contributed by atoms with van der Waals surface area (Å²) in [5.74, 6) is 0.861. The van der Waals surface area contributed by atoms with E-state index in [2.05, 4.69) is 29.4 Å². The summed E-state index contributed by atoms with van der Waals surface area (Å²) in [5, 5.41) is 6.17. The lowest BCUT2D eigenvalue weighted by Gasteiger charge is -2.10. The Morgan fingerprint density at radius 2 is 1.88 bits per heavy atom. The van der Waals surface area contributed by atoms with E-state index >= 15 is 0 Å². The van der Waals surface area contributed by atoms with Crippen molar-refractivity contribution in [1.82, 2.24) is 15.5 Å². The molecule has 0 aromatic heterocycles. The van der Waals surface area contributed by atoms with Crippen LogP contribution < -0.4 is 10.6 Å². The first-order valence-electron chi connectivity index (χ1n) is 6.14. The van der Waals surface area contributed by atoms with Gasteiger partial charge in [-0.1, -0.05) is 13.8 Å². The molecule has 0 radical (unpaired) electrons. The van der Waals surface area contributed by atoms with Crippen LogP contribution in [0.4, 0.5) is 0 Å². The van der Waals surface area contributed by atoms with Gasteiger partial charge in [-0.05, 0) is 33.0 Å². The molecule has 0 saturated carbocycles. The van der Waals surface area contributed by atoms with E-state index in [4.69, 9.17) is 0 Å². The van der Waals surface area contributed by atoms with Gasteiger partial charge in [0.1, 0.15) is 0 Å². The first-order chi connectivity index (χ1) is 7.52. The minimum atomic E-state index is 0.138. The molecule has 0 aliphatic rings. The molecule has 0 aromatic rings. The van der Waals surface area contributed by atoms with Crippen molar-refractivity contribution in [3.05, 3.63) is 0 Å². The average molecular weight is 229 g/mol. The lowest BCUT2D eigenvalue weighted by atomic mass is 10.1. The Kier molecular flexibility index (Phi) is 9.24. The Bertz CT molecular complexity index is 181. The maximum atomic E-state index is 11.4. The smallest absolute Gasteiger partial charge is 0.221 e. The fraction of sp³-hybridized carbons (Fsp3) is 0.917. The predicted octanol–water partition coefficient (Wildman–Crippen LogP) is 0.690. The van der Waals surface area contributed by atoms with Crippen LogP contribution >= 0.6 is 0 Å². The van der Waals surface area contributed by atoms with Crippen LogP contribution in [0.25, 0.3) is 0 Å². The number of carbonyl (C=O) groups excluding carboxylic acids is 1. The molecular weight excluding hydrogens is 202 g/mol. The average Bonchev–Trinajstić information content (AvgIpc) is 2.16. The van der Waals surface area contributed by atoms with Crippen molar-refractivity contribution in [2.75, 3.05) is 40.3 Å². The third-order valence-electron chi connectivity index (χ3n) is 2.31. The summed E-state index contributed by atoms with van der Waals surface area (Å²) >= 11 is 0. The Hall–Kier alpha value is -0.610. The van der Waals surface area contributed by atoms with Crippen molar-refractivity contribution in [3.8, 4) is 0 Å². The number of nitrogens with one attached hydrogen (secondary N) is 2. The number of nitrogens with zero attached hydrogens (tertiary/aromatic N) is 1. The van der Waals surface area contributed by atoms with Crippen LogP contribution in [-0.2, 0) is 4.79 Å². The fourth-order valence-corrected chi connectivity index (χ4v) is 1.22. The zero-order valence-corrected chi connectivity index (χ0v) is 11.2. The summed E-state index contributed by atoms with van der Waals surface area (Å²) in [6, 6.07) is 0. The summed E-state index contributed by atoms with van der Waals surface area (Å²) in [6.07, 6.45) is 1.74. The minimum Gasteiger partial charge on any atom is -0.355 e. The van der Waals surface area contributed by atoms with E-state index in [-0.39, 0.29) is 5.91 Å². The SMILES string of the molecule is CC(C)CCNCCC(=O)NCCN(C)C. The van der Waals surface area contributed by atoms with E-state index in [0.717, 1.165) is 32.1 Å². The molecule has 4 nitrogen and oxygen atoms in total. The number of hydrogen-bond acceptors (Lipinski definition) is 3. The second-order valence-corrected chi connectivity index (χ2v) is 4.84. The van der Waals surface area contributed by atoms with Gasteiger partial charge in [-0.25, -0.2) is 0 Å². The van der Waals surface area contributed by atoms with Gasteiger partial charge in [-0.15, -0.1) is 0 Å². The van der Waals surface area contributed by atoms with Gasteiger partial charge >= 0.3 is 0 Å². The molecule has 96 valence electrons. The highest BCUT2D eigenvalue weighted by Crippen LogP contribution is 1.95. The molecule has 0 fully saturated rings. The zero-order chi connectivity index (χ0) is 12.4. The maximum Gasteiger partial charge on any atom is 0.221 e. The second kappa shape index (κ2) is 9.60. The molecule has 0 aliphatic heterocycles. The number of rotatable bonds is 9. The quantitative estimate of drug-likeness (QED) is 0.572. The van der Waals surface area contributed by atoms with Crippen molar-refractivity contribution >= 4 is 5.91 Å². The Morgan fingerprint density at radius 1 is 1.19 bits per heavy atom. The highest BCUT2D eigenvalue weighted by atomic mass is 16.1. The molecule has 0 aliphatic carbocycles. The van der Waals surface area contributed by atoms with Crippen LogP contribution in [0.15, 0.2) is 0 Å². The lowest BCUT2D eigenvalue weighted by Crippen LogP contribution is -2.33. The molecule has 0 heterocycles. The summed E-state index contributed by atoms with van der Waals surface area (Å²) < 4.78 is 0. The predicted molar refractivity (Wildman–Crippen MR) is 68.5 cm³/mol. The summed E-state index contributed by atoms with van der Waals surface area (Å²) in [4.78, 5) is 13.4. The molecule has 16 heavy (non-hydrogen) atoms. The normalized spacial score (nSPS) is 11.1. The Morgan fingerprint density at radius 3 is 2.44 bits per heavy atom. The number of carbonyl (C=O) groups is 1. The fourth-order valence-electron chi connectivity index (χ4n) is 1.22. The Balaban J connectivity index is 3.24. The standard InChI is InChI=1S/C12H27N3O/c1-11(2)5-7-13-8-6-12(16)14-9-10-15(3)4/h11,13H,5-10H2,1-4H3,(H,14,16). The highest BCUT2D eigenvalue weighted by Gasteiger charge is 2.00. The van der Waals surface area contributed by atoms with Crippen molar-refractivity contribution in [2.24, 2.45) is 5.92 Å². The monoisotopic (exact) mass is 229 g/mol. The largest absolute Gasteiger partial charge is 0.355 e. The second-order valence-electron chi connectivity index (χ2n) is 4.84. The topological polar surface area (TPSA) is 44.4 Å². The third-order valence-corrected chi connectivity index (χ3v) is 2.31. The van der Waals surface area contributed by atoms with E-state index in [0.29, 0.717) is 6.42 Å². The van der Waals surface area contributed by atoms with Crippen LogP contribution in [0.5, 0.6) is 0 Å². The van der Waals surface area contributed by atoms with Gasteiger partial charge in [0.2, 0.25) is 5.91 Å². The molecule has 0 unspecified atom stereocenters. The molecule has 0 spiro atoms. The lowest BCUT2D eigenvalue weighted by molar-refractivity contribution is -0.121. The number of hydrogen-bond donors (Lipinski definition) is 2. The van der Waals surface area contributed by atoms with Crippen LogP contribution in [0.3, 0.4) is 0 Å². The van der Waals surface area contributed by atoms with Gasteiger partial charge in [0, 0.05) is 26.1 Å². The summed E-state index contributed by atoms with van der Waals surface area (Å²) in [5.41, 5.74) is 0. The van der Waals surface area contributed by atoms with Crippen molar-refractivity contribution in [3.63, 3.8) is 0 Å². The molecule has 1 amide bonds. The first kappa shape index (κ1) is 15.4. The van der Waals surface area contributed by atoms with Crippen molar-refractivity contribution in [2.45, 2.75) is 26.7 Å². The van der Waals surface area contributed by atoms with Crippen LogP contribution in [-0.4, -0.2) is 51.1 Å².